The predicted molar refractivity (Wildman–Crippen MR) is 109 cm³/mol. The predicted octanol–water partition coefficient (Wildman–Crippen LogP) is 6.80. The summed E-state index contributed by atoms with van der Waals surface area (Å²) in [6, 6.07) is 4.28. The van der Waals surface area contributed by atoms with Crippen LogP contribution in [-0.2, 0) is 19.9 Å². The molecule has 0 bridgehead atoms. The van der Waals surface area contributed by atoms with E-state index in [2.05, 4.69) is 53.3 Å². The lowest BCUT2D eigenvalue weighted by Crippen LogP contribution is -2.27. The summed E-state index contributed by atoms with van der Waals surface area (Å²) in [5.41, 5.74) is 5.42. The Labute approximate surface area is 163 Å². The lowest BCUT2D eigenvalue weighted by molar-refractivity contribution is 0.264. The lowest BCUT2D eigenvalue weighted by atomic mass is 9.73. The van der Waals surface area contributed by atoms with Crippen LogP contribution >= 0.6 is 8.25 Å². The Morgan fingerprint density at radius 1 is 1.15 bits per heavy atom. The highest BCUT2D eigenvalue weighted by molar-refractivity contribution is 7.34. The maximum atomic E-state index is 12.7. The number of benzene rings is 1. The van der Waals surface area contributed by atoms with Crippen molar-refractivity contribution >= 4 is 8.25 Å². The van der Waals surface area contributed by atoms with Crippen LogP contribution < -0.4 is 4.52 Å². The second-order valence-electron chi connectivity index (χ2n) is 9.63. The Bertz CT molecular complexity index is 949. The third kappa shape index (κ3) is 2.55. The minimum atomic E-state index is -2.25. The summed E-state index contributed by atoms with van der Waals surface area (Å²) < 4.78 is 24.6. The summed E-state index contributed by atoms with van der Waals surface area (Å²) in [7, 11) is -2.25. The van der Waals surface area contributed by atoms with Gasteiger partial charge in [-0.25, -0.2) is 9.05 Å². The number of hydrogen-bond acceptors (Lipinski definition) is 3. The van der Waals surface area contributed by atoms with Gasteiger partial charge in [-0.05, 0) is 54.7 Å². The van der Waals surface area contributed by atoms with Crippen LogP contribution in [-0.4, -0.2) is 0 Å². The third-order valence-corrected chi connectivity index (χ3v) is 7.06. The van der Waals surface area contributed by atoms with E-state index in [1.807, 2.05) is 19.1 Å². The first kappa shape index (κ1) is 18.5. The normalized spacial score (nSPS) is 28.8. The van der Waals surface area contributed by atoms with Gasteiger partial charge in [0, 0.05) is 15.7 Å². The van der Waals surface area contributed by atoms with E-state index in [-0.39, 0.29) is 16.2 Å². The Kier molecular flexibility index (Phi) is 3.82. The molecule has 3 aliphatic rings. The molecule has 0 radical (unpaired) electrons. The van der Waals surface area contributed by atoms with Crippen molar-refractivity contribution in [3.63, 3.8) is 0 Å². The molecule has 0 amide bonds. The van der Waals surface area contributed by atoms with Gasteiger partial charge >= 0.3 is 8.25 Å². The van der Waals surface area contributed by atoms with E-state index in [1.54, 1.807) is 0 Å². The molecule has 1 spiro atoms. The maximum Gasteiger partial charge on any atom is 0.805 e. The number of aryl methyl sites for hydroxylation is 1. The average molecular weight is 383 g/mol. The first-order chi connectivity index (χ1) is 12.5. The van der Waals surface area contributed by atoms with E-state index in [1.165, 1.54) is 11.1 Å². The lowest BCUT2D eigenvalue weighted by Gasteiger charge is -2.29. The summed E-state index contributed by atoms with van der Waals surface area (Å²) in [6.07, 6.45) is 5.85. The van der Waals surface area contributed by atoms with E-state index in [4.69, 9.17) is 9.05 Å². The molecule has 0 saturated heterocycles. The van der Waals surface area contributed by atoms with Gasteiger partial charge in [0.25, 0.3) is 0 Å². The SMILES string of the molecule is C=C/C(C)=C\C1=C2O[P+](=O)Oc3cc(C)cc4c3C2(CC1(C)C)CC4(C)C. The monoisotopic (exact) mass is 383 g/mol. The summed E-state index contributed by atoms with van der Waals surface area (Å²) in [6.45, 7) is 17.1. The molecule has 2 unspecified atom stereocenters. The first-order valence-corrected chi connectivity index (χ1v) is 10.6. The highest BCUT2D eigenvalue weighted by atomic mass is 31.1. The standard InChI is InChI=1S/C23H28O3P/c1-8-14(2)9-17-20-23(13-22(17,6)7)12-21(4,5)16-10-15(3)11-18(19(16)23)25-27(24)26-20/h8-11H,1,12-13H2,2-7H3/q+1/b14-9-. The van der Waals surface area contributed by atoms with Crippen LogP contribution in [0.4, 0.5) is 0 Å². The molecule has 2 atom stereocenters. The van der Waals surface area contributed by atoms with Crippen LogP contribution in [0.1, 0.15) is 64.2 Å². The molecule has 3 nitrogen and oxygen atoms in total. The summed E-state index contributed by atoms with van der Waals surface area (Å²) in [4.78, 5) is 0. The van der Waals surface area contributed by atoms with Gasteiger partial charge in [-0.2, -0.15) is 0 Å². The van der Waals surface area contributed by atoms with Crippen LogP contribution in [0, 0.1) is 12.3 Å². The zero-order valence-electron chi connectivity index (χ0n) is 17.1. The third-order valence-electron chi connectivity index (χ3n) is 6.38. The minimum Gasteiger partial charge on any atom is -0.225 e. The van der Waals surface area contributed by atoms with E-state index in [9.17, 15) is 4.57 Å². The second-order valence-corrected chi connectivity index (χ2v) is 10.4. The van der Waals surface area contributed by atoms with E-state index < -0.39 is 8.25 Å². The molecule has 0 saturated carbocycles. The van der Waals surface area contributed by atoms with Crippen LogP contribution in [0.3, 0.4) is 0 Å². The van der Waals surface area contributed by atoms with Crippen LogP contribution in [0.5, 0.6) is 5.75 Å². The smallest absolute Gasteiger partial charge is 0.225 e. The molecule has 142 valence electrons. The molecule has 1 aromatic rings. The molecule has 1 aromatic carbocycles. The van der Waals surface area contributed by atoms with Crippen molar-refractivity contribution in [3.05, 3.63) is 64.5 Å². The molecule has 0 fully saturated rings. The van der Waals surface area contributed by atoms with Gasteiger partial charge in [0.2, 0.25) is 0 Å². The maximum absolute atomic E-state index is 12.7. The summed E-state index contributed by atoms with van der Waals surface area (Å²) >= 11 is 0. The molecule has 0 N–H and O–H groups in total. The van der Waals surface area contributed by atoms with Gasteiger partial charge in [0.1, 0.15) is 0 Å². The zero-order valence-corrected chi connectivity index (χ0v) is 18.0. The molecule has 0 aromatic heterocycles. The van der Waals surface area contributed by atoms with Gasteiger partial charge in [0.15, 0.2) is 11.5 Å². The molecule has 2 aliphatic carbocycles. The summed E-state index contributed by atoms with van der Waals surface area (Å²) in [5.74, 6) is 1.57. The van der Waals surface area contributed by atoms with Crippen LogP contribution in [0.15, 0.2) is 47.8 Å². The fourth-order valence-corrected chi connectivity index (χ4v) is 6.25. The van der Waals surface area contributed by atoms with Gasteiger partial charge < -0.3 is 0 Å². The van der Waals surface area contributed by atoms with Gasteiger partial charge in [0.05, 0.1) is 5.41 Å². The van der Waals surface area contributed by atoms with Crippen molar-refractivity contribution in [2.75, 3.05) is 0 Å². The Morgan fingerprint density at radius 2 is 1.81 bits per heavy atom. The Morgan fingerprint density at radius 3 is 2.48 bits per heavy atom. The van der Waals surface area contributed by atoms with Crippen molar-refractivity contribution in [3.8, 4) is 5.75 Å². The molecule has 1 aliphatic heterocycles. The molecule has 1 heterocycles. The molecule has 4 rings (SSSR count). The molecular formula is C23H28O3P+. The fourth-order valence-electron chi connectivity index (χ4n) is 5.49. The highest BCUT2D eigenvalue weighted by Crippen LogP contribution is 2.68. The number of rotatable bonds is 2. The zero-order chi connectivity index (χ0) is 19.8. The van der Waals surface area contributed by atoms with Crippen LogP contribution in [0.25, 0.3) is 0 Å². The van der Waals surface area contributed by atoms with Crippen molar-refractivity contribution in [1.29, 1.82) is 0 Å². The van der Waals surface area contributed by atoms with Gasteiger partial charge in [-0.3, -0.25) is 0 Å². The van der Waals surface area contributed by atoms with Crippen molar-refractivity contribution in [2.45, 2.75) is 65.2 Å². The van der Waals surface area contributed by atoms with Crippen molar-refractivity contribution in [2.24, 2.45) is 5.41 Å². The number of allylic oxidation sites excluding steroid dienone is 5. The van der Waals surface area contributed by atoms with E-state index in [0.29, 0.717) is 0 Å². The highest BCUT2D eigenvalue weighted by Gasteiger charge is 2.64. The number of hydrogen-bond donors (Lipinski definition) is 0. The summed E-state index contributed by atoms with van der Waals surface area (Å²) in [5, 5.41) is 0. The topological polar surface area (TPSA) is 35.5 Å². The minimum absolute atomic E-state index is 0.000219. The Balaban J connectivity index is 2.10. The molecular weight excluding hydrogens is 355 g/mol. The molecule has 4 heteroatoms. The molecule has 27 heavy (non-hydrogen) atoms. The largest absolute Gasteiger partial charge is 0.805 e. The quantitative estimate of drug-likeness (QED) is 0.416. The second kappa shape index (κ2) is 5.58. The van der Waals surface area contributed by atoms with Gasteiger partial charge in [-0.1, -0.05) is 58.1 Å². The van der Waals surface area contributed by atoms with Crippen molar-refractivity contribution in [1.82, 2.24) is 0 Å². The van der Waals surface area contributed by atoms with E-state index in [0.717, 1.165) is 41.1 Å². The average Bonchev–Trinajstić information content (AvgIpc) is 2.82. The Hall–Kier alpha value is -1.86. The van der Waals surface area contributed by atoms with Gasteiger partial charge in [-0.15, -0.1) is 0 Å². The van der Waals surface area contributed by atoms with Crippen molar-refractivity contribution < 1.29 is 13.6 Å². The first-order valence-electron chi connectivity index (χ1n) is 9.55. The fraction of sp³-hybridized carbons (Fsp3) is 0.478. The van der Waals surface area contributed by atoms with E-state index >= 15 is 0 Å². The van der Waals surface area contributed by atoms with Crippen LogP contribution in [0.2, 0.25) is 0 Å².